The third-order valence-electron chi connectivity index (χ3n) is 5.74. The molecule has 0 aliphatic carbocycles. The summed E-state index contributed by atoms with van der Waals surface area (Å²) in [7, 11) is 1.97. The smallest absolute Gasteiger partial charge is 0.274 e. The molecule has 0 spiro atoms. The largest absolute Gasteiger partial charge is 0.337 e. The van der Waals surface area contributed by atoms with Gasteiger partial charge in [0.05, 0.1) is 22.1 Å². The predicted octanol–water partition coefficient (Wildman–Crippen LogP) is 7.44. The molecule has 3 aromatic carbocycles. The molecule has 33 heavy (non-hydrogen) atoms. The van der Waals surface area contributed by atoms with Crippen LogP contribution in [0.3, 0.4) is 0 Å². The van der Waals surface area contributed by atoms with Gasteiger partial charge in [0, 0.05) is 17.0 Å². The lowest BCUT2D eigenvalue weighted by molar-refractivity contribution is -0.113. The van der Waals surface area contributed by atoms with Crippen molar-refractivity contribution >= 4 is 63.3 Å². The number of thioether (sulfide) groups is 2. The van der Waals surface area contributed by atoms with E-state index in [0.717, 1.165) is 32.6 Å². The van der Waals surface area contributed by atoms with Crippen molar-refractivity contribution in [3.8, 4) is 0 Å². The Labute approximate surface area is 207 Å². The fourth-order valence-electron chi connectivity index (χ4n) is 3.80. The fraction of sp³-hybridized carbons (Fsp3) is 0.154. The number of hydrogen-bond acceptors (Lipinski definition) is 5. The number of anilines is 2. The molecule has 0 aromatic heterocycles. The van der Waals surface area contributed by atoms with Gasteiger partial charge in [-0.1, -0.05) is 41.6 Å². The van der Waals surface area contributed by atoms with E-state index in [2.05, 4.69) is 26.0 Å². The normalized spacial score (nSPS) is 19.1. The first kappa shape index (κ1) is 22.1. The van der Waals surface area contributed by atoms with Crippen molar-refractivity contribution in [3.63, 3.8) is 0 Å². The first-order valence-electron chi connectivity index (χ1n) is 10.5. The number of hydrogen-bond donors (Lipinski definition) is 0. The molecule has 2 aliphatic rings. The van der Waals surface area contributed by atoms with Crippen LogP contribution >= 0.6 is 35.1 Å². The summed E-state index contributed by atoms with van der Waals surface area (Å²) in [6.45, 7) is 6.18. The van der Waals surface area contributed by atoms with E-state index in [-0.39, 0.29) is 5.91 Å². The second-order valence-corrected chi connectivity index (χ2v) is 10.6. The molecule has 1 saturated heterocycles. The minimum absolute atomic E-state index is 0.0681. The number of amidine groups is 1. The number of aliphatic imine (C=N–C) groups is 1. The maximum atomic E-state index is 13.8. The number of aryl methyl sites for hydroxylation is 3. The zero-order valence-electron chi connectivity index (χ0n) is 18.7. The molecule has 3 aromatic rings. The lowest BCUT2D eigenvalue weighted by atomic mass is 10.1. The van der Waals surface area contributed by atoms with Gasteiger partial charge < -0.3 is 4.90 Å². The number of rotatable bonds is 2. The van der Waals surface area contributed by atoms with Crippen molar-refractivity contribution in [2.75, 3.05) is 16.8 Å². The molecule has 0 radical (unpaired) electrons. The zero-order valence-corrected chi connectivity index (χ0v) is 21.1. The zero-order chi connectivity index (χ0) is 23.3. The lowest BCUT2D eigenvalue weighted by Crippen LogP contribution is -2.29. The molecule has 5 rings (SSSR count). The van der Waals surface area contributed by atoms with Gasteiger partial charge in [-0.15, -0.1) is 0 Å². The summed E-state index contributed by atoms with van der Waals surface area (Å²) >= 11 is 9.24. The van der Waals surface area contributed by atoms with E-state index < -0.39 is 0 Å². The topological polar surface area (TPSA) is 35.9 Å². The third-order valence-corrected chi connectivity index (χ3v) is 8.37. The van der Waals surface area contributed by atoms with Crippen molar-refractivity contribution in [1.82, 2.24) is 0 Å². The van der Waals surface area contributed by atoms with Crippen LogP contribution in [-0.4, -0.2) is 18.1 Å². The van der Waals surface area contributed by atoms with Gasteiger partial charge in [-0.2, -0.15) is 0 Å². The lowest BCUT2D eigenvalue weighted by Gasteiger charge is -2.17. The molecule has 0 unspecified atom stereocenters. The van der Waals surface area contributed by atoms with E-state index >= 15 is 0 Å². The van der Waals surface area contributed by atoms with E-state index in [1.54, 1.807) is 16.7 Å². The SMILES string of the molecule is Cc1cccc(N2C(=O)/C(=C3/Sc4ccc(Cl)cc4N3C)SC2=Nc2ccc(C)c(C)c2)c1. The summed E-state index contributed by atoms with van der Waals surface area (Å²) in [6.07, 6.45) is 0. The van der Waals surface area contributed by atoms with Gasteiger partial charge >= 0.3 is 0 Å². The molecule has 2 heterocycles. The van der Waals surface area contributed by atoms with Gasteiger partial charge in [-0.3, -0.25) is 9.69 Å². The Morgan fingerprint density at radius 2 is 1.73 bits per heavy atom. The number of carbonyl (C=O) groups is 1. The van der Waals surface area contributed by atoms with Gasteiger partial charge in [0.2, 0.25) is 0 Å². The molecule has 4 nitrogen and oxygen atoms in total. The summed E-state index contributed by atoms with van der Waals surface area (Å²) < 4.78 is 0. The highest BCUT2D eigenvalue weighted by atomic mass is 35.5. The van der Waals surface area contributed by atoms with Crippen LogP contribution in [0.15, 0.2) is 80.5 Å². The van der Waals surface area contributed by atoms with Gasteiger partial charge in [-0.05, 0) is 91.7 Å². The molecular weight excluding hydrogens is 470 g/mol. The summed E-state index contributed by atoms with van der Waals surface area (Å²) in [5.74, 6) is -0.0681. The average Bonchev–Trinajstić information content (AvgIpc) is 3.27. The highest BCUT2D eigenvalue weighted by Gasteiger charge is 2.40. The van der Waals surface area contributed by atoms with Crippen LogP contribution in [-0.2, 0) is 4.79 Å². The third kappa shape index (κ3) is 4.07. The molecule has 0 atom stereocenters. The Morgan fingerprint density at radius 1 is 0.909 bits per heavy atom. The maximum Gasteiger partial charge on any atom is 0.274 e. The van der Waals surface area contributed by atoms with Crippen LogP contribution in [0, 0.1) is 20.8 Å². The standard InChI is InChI=1S/C26H22ClN3OS2/c1-15-6-5-7-20(12-15)30-24(31)23(25-29(4)21-14-18(27)9-11-22(21)32-25)33-26(30)28-19-10-8-16(2)17(3)13-19/h5-14H,1-4H3/b25-23-,28-26?. The molecule has 0 saturated carbocycles. The molecule has 2 aliphatic heterocycles. The number of halogens is 1. The molecule has 166 valence electrons. The Bertz CT molecular complexity index is 1370. The fourth-order valence-corrected chi connectivity index (χ4v) is 6.29. The van der Waals surface area contributed by atoms with Crippen LogP contribution in [0.5, 0.6) is 0 Å². The maximum absolute atomic E-state index is 13.8. The quantitative estimate of drug-likeness (QED) is 0.349. The van der Waals surface area contributed by atoms with Crippen molar-refractivity contribution in [2.24, 2.45) is 4.99 Å². The highest BCUT2D eigenvalue weighted by Crippen LogP contribution is 2.51. The van der Waals surface area contributed by atoms with Crippen molar-refractivity contribution in [1.29, 1.82) is 0 Å². The molecule has 0 N–H and O–H groups in total. The van der Waals surface area contributed by atoms with E-state index in [1.807, 2.05) is 67.4 Å². The highest BCUT2D eigenvalue weighted by molar-refractivity contribution is 8.20. The summed E-state index contributed by atoms with van der Waals surface area (Å²) in [5, 5.41) is 2.22. The monoisotopic (exact) mass is 491 g/mol. The van der Waals surface area contributed by atoms with Gasteiger partial charge in [0.25, 0.3) is 5.91 Å². The second-order valence-electron chi connectivity index (χ2n) is 8.15. The average molecular weight is 492 g/mol. The van der Waals surface area contributed by atoms with Crippen LogP contribution in [0.1, 0.15) is 16.7 Å². The van der Waals surface area contributed by atoms with E-state index in [1.165, 1.54) is 22.9 Å². The number of carbonyl (C=O) groups excluding carboxylic acids is 1. The van der Waals surface area contributed by atoms with E-state index in [4.69, 9.17) is 16.6 Å². The minimum Gasteiger partial charge on any atom is -0.337 e. The number of benzene rings is 3. The Morgan fingerprint density at radius 3 is 2.48 bits per heavy atom. The van der Waals surface area contributed by atoms with Crippen LogP contribution in [0.4, 0.5) is 17.1 Å². The molecule has 7 heteroatoms. The van der Waals surface area contributed by atoms with Crippen molar-refractivity contribution in [3.05, 3.63) is 92.3 Å². The Hall–Kier alpha value is -2.67. The molecule has 1 fully saturated rings. The minimum atomic E-state index is -0.0681. The Kier molecular flexibility index (Phi) is 5.77. The van der Waals surface area contributed by atoms with Gasteiger partial charge in [-0.25, -0.2) is 4.99 Å². The number of nitrogens with zero attached hydrogens (tertiary/aromatic N) is 3. The summed E-state index contributed by atoms with van der Waals surface area (Å²) in [4.78, 5) is 24.2. The van der Waals surface area contributed by atoms with Crippen LogP contribution in [0.2, 0.25) is 5.02 Å². The first-order valence-corrected chi connectivity index (χ1v) is 12.5. The second kappa shape index (κ2) is 8.60. The van der Waals surface area contributed by atoms with Gasteiger partial charge in [0.15, 0.2) is 5.17 Å². The summed E-state index contributed by atoms with van der Waals surface area (Å²) in [5.41, 5.74) is 6.13. The van der Waals surface area contributed by atoms with Crippen molar-refractivity contribution in [2.45, 2.75) is 25.7 Å². The van der Waals surface area contributed by atoms with E-state index in [0.29, 0.717) is 15.1 Å². The number of fused-ring (bicyclic) bond motifs is 1. The predicted molar refractivity (Wildman–Crippen MR) is 142 cm³/mol. The summed E-state index contributed by atoms with van der Waals surface area (Å²) in [6, 6.07) is 19.9. The van der Waals surface area contributed by atoms with Crippen molar-refractivity contribution < 1.29 is 4.79 Å². The van der Waals surface area contributed by atoms with Crippen LogP contribution < -0.4 is 9.80 Å². The van der Waals surface area contributed by atoms with Gasteiger partial charge in [0.1, 0.15) is 4.91 Å². The molecule has 0 bridgehead atoms. The first-order chi connectivity index (χ1) is 15.8. The van der Waals surface area contributed by atoms with Crippen LogP contribution in [0.25, 0.3) is 0 Å². The van der Waals surface area contributed by atoms with E-state index in [9.17, 15) is 4.79 Å². The molecule has 1 amide bonds. The molecular formula is C26H22ClN3OS2. The number of amides is 1. The Balaban J connectivity index is 1.62.